The molecule has 0 aliphatic carbocycles. The first-order valence-corrected chi connectivity index (χ1v) is 8.11. The van der Waals surface area contributed by atoms with Crippen molar-refractivity contribution in [3.05, 3.63) is 51.5 Å². The van der Waals surface area contributed by atoms with E-state index in [2.05, 4.69) is 15.0 Å². The molecule has 0 radical (unpaired) electrons. The zero-order valence-electron chi connectivity index (χ0n) is 14.1. The van der Waals surface area contributed by atoms with Crippen molar-refractivity contribution >= 4 is 5.91 Å². The largest absolute Gasteiger partial charge is 0.367 e. The van der Waals surface area contributed by atoms with Gasteiger partial charge in [0.2, 0.25) is 0 Å². The van der Waals surface area contributed by atoms with E-state index in [-0.39, 0.29) is 29.1 Å². The molecular weight excluding hydrogens is 308 g/mol. The Labute approximate surface area is 140 Å². The molecule has 1 fully saturated rings. The zero-order chi connectivity index (χ0) is 17.3. The van der Waals surface area contributed by atoms with E-state index < -0.39 is 0 Å². The molecule has 0 spiro atoms. The van der Waals surface area contributed by atoms with Crippen LogP contribution in [0.2, 0.25) is 0 Å². The van der Waals surface area contributed by atoms with Crippen LogP contribution in [0, 0.1) is 6.92 Å². The Balaban J connectivity index is 1.78. The van der Waals surface area contributed by atoms with Crippen molar-refractivity contribution in [1.29, 1.82) is 0 Å². The van der Waals surface area contributed by atoms with Crippen LogP contribution in [0.5, 0.6) is 0 Å². The first-order valence-electron chi connectivity index (χ1n) is 8.11. The highest BCUT2D eigenvalue weighted by Gasteiger charge is 2.28. The van der Waals surface area contributed by atoms with Crippen molar-refractivity contribution in [3.8, 4) is 0 Å². The number of hydrogen-bond donors (Lipinski definition) is 2. The van der Waals surface area contributed by atoms with Gasteiger partial charge in [-0.3, -0.25) is 9.59 Å². The van der Waals surface area contributed by atoms with Gasteiger partial charge >= 0.3 is 0 Å². The van der Waals surface area contributed by atoms with Crippen LogP contribution in [0.1, 0.15) is 53.4 Å². The molecule has 7 nitrogen and oxygen atoms in total. The second kappa shape index (κ2) is 6.60. The third-order valence-electron chi connectivity index (χ3n) is 4.17. The number of carbonyl (C=O) groups excluding carboxylic acids is 1. The van der Waals surface area contributed by atoms with Gasteiger partial charge < -0.3 is 19.6 Å². The van der Waals surface area contributed by atoms with Gasteiger partial charge in [0.15, 0.2) is 0 Å². The highest BCUT2D eigenvalue weighted by molar-refractivity contribution is 5.93. The van der Waals surface area contributed by atoms with Crippen LogP contribution >= 0.6 is 0 Å². The summed E-state index contributed by atoms with van der Waals surface area (Å²) in [6, 6.07) is 3.41. The van der Waals surface area contributed by atoms with E-state index in [0.29, 0.717) is 25.5 Å². The van der Waals surface area contributed by atoms with E-state index in [1.54, 1.807) is 23.2 Å². The van der Waals surface area contributed by atoms with Crippen molar-refractivity contribution in [2.45, 2.75) is 32.8 Å². The molecule has 1 atom stereocenters. The average Bonchev–Trinajstić information content (AvgIpc) is 3.01. The summed E-state index contributed by atoms with van der Waals surface area (Å²) in [4.78, 5) is 36.8. The summed E-state index contributed by atoms with van der Waals surface area (Å²) >= 11 is 0. The second-order valence-corrected chi connectivity index (χ2v) is 6.37. The van der Waals surface area contributed by atoms with Crippen LogP contribution < -0.4 is 5.56 Å². The van der Waals surface area contributed by atoms with Gasteiger partial charge in [0.05, 0.1) is 13.2 Å². The predicted octanol–water partition coefficient (Wildman–Crippen LogP) is 1.74. The number of ether oxygens (including phenoxy) is 1. The number of aromatic nitrogens is 3. The number of rotatable bonds is 3. The Morgan fingerprint density at radius 2 is 2.17 bits per heavy atom. The fourth-order valence-corrected chi connectivity index (χ4v) is 2.76. The first kappa shape index (κ1) is 16.4. The number of carbonyl (C=O) groups is 1. The summed E-state index contributed by atoms with van der Waals surface area (Å²) in [6.07, 6.45) is 1.43. The van der Waals surface area contributed by atoms with E-state index in [4.69, 9.17) is 4.74 Å². The molecule has 0 saturated carbocycles. The molecule has 3 heterocycles. The number of nitrogens with zero attached hydrogens (tertiary/aromatic N) is 2. The minimum Gasteiger partial charge on any atom is -0.367 e. The number of pyridine rings is 1. The van der Waals surface area contributed by atoms with Gasteiger partial charge in [-0.25, -0.2) is 4.98 Å². The smallest absolute Gasteiger partial charge is 0.261 e. The molecule has 7 heteroatoms. The Morgan fingerprint density at radius 1 is 1.38 bits per heavy atom. The standard InChI is InChI=1S/C17H22N4O3/c1-10(2)13-5-4-12(16(22)20-13)17(23)21-6-7-24-14(9-21)15-18-8-11(3)19-15/h4-5,8,10,14H,6-7,9H2,1-3H3,(H,18,19)(H,20,22). The molecular formula is C17H22N4O3. The lowest BCUT2D eigenvalue weighted by Crippen LogP contribution is -2.44. The number of hydrogen-bond acceptors (Lipinski definition) is 4. The highest BCUT2D eigenvalue weighted by Crippen LogP contribution is 2.21. The number of amides is 1. The van der Waals surface area contributed by atoms with E-state index >= 15 is 0 Å². The number of H-pyrrole nitrogens is 2. The monoisotopic (exact) mass is 330 g/mol. The first-order chi connectivity index (χ1) is 11.5. The van der Waals surface area contributed by atoms with Gasteiger partial charge in [0.1, 0.15) is 17.5 Å². The lowest BCUT2D eigenvalue weighted by atomic mass is 10.1. The molecule has 1 aliphatic rings. The van der Waals surface area contributed by atoms with Crippen LogP contribution in [0.3, 0.4) is 0 Å². The maximum absolute atomic E-state index is 12.7. The normalized spacial score (nSPS) is 18.2. The second-order valence-electron chi connectivity index (χ2n) is 6.37. The lowest BCUT2D eigenvalue weighted by Gasteiger charge is -2.32. The summed E-state index contributed by atoms with van der Waals surface area (Å²) in [7, 11) is 0. The third kappa shape index (κ3) is 3.26. The molecule has 0 bridgehead atoms. The van der Waals surface area contributed by atoms with Gasteiger partial charge in [-0.1, -0.05) is 13.8 Å². The number of morpholine rings is 1. The van der Waals surface area contributed by atoms with E-state index in [1.165, 1.54) is 0 Å². The molecule has 24 heavy (non-hydrogen) atoms. The maximum Gasteiger partial charge on any atom is 0.261 e. The Bertz CT molecular complexity index is 793. The Hall–Kier alpha value is -2.41. The average molecular weight is 330 g/mol. The number of imidazole rings is 1. The fraction of sp³-hybridized carbons (Fsp3) is 0.471. The molecule has 2 N–H and O–H groups in total. The molecule has 1 saturated heterocycles. The maximum atomic E-state index is 12.7. The Morgan fingerprint density at radius 3 is 2.79 bits per heavy atom. The summed E-state index contributed by atoms with van der Waals surface area (Å²) in [5, 5.41) is 0. The van der Waals surface area contributed by atoms with Gasteiger partial charge in [-0.15, -0.1) is 0 Å². The quantitative estimate of drug-likeness (QED) is 0.897. The van der Waals surface area contributed by atoms with Crippen molar-refractivity contribution in [3.63, 3.8) is 0 Å². The summed E-state index contributed by atoms with van der Waals surface area (Å²) in [6.45, 7) is 7.14. The topological polar surface area (TPSA) is 91.1 Å². The number of nitrogens with one attached hydrogen (secondary N) is 2. The molecule has 128 valence electrons. The van der Waals surface area contributed by atoms with Crippen LogP contribution in [-0.2, 0) is 4.74 Å². The van der Waals surface area contributed by atoms with Crippen LogP contribution in [0.25, 0.3) is 0 Å². The molecule has 1 amide bonds. The van der Waals surface area contributed by atoms with Crippen LogP contribution in [0.4, 0.5) is 0 Å². The van der Waals surface area contributed by atoms with E-state index in [0.717, 1.165) is 11.4 Å². The van der Waals surface area contributed by atoms with Gasteiger partial charge in [0.25, 0.3) is 11.5 Å². The molecule has 2 aromatic rings. The third-order valence-corrected chi connectivity index (χ3v) is 4.17. The van der Waals surface area contributed by atoms with E-state index in [1.807, 2.05) is 20.8 Å². The zero-order valence-corrected chi connectivity index (χ0v) is 14.1. The van der Waals surface area contributed by atoms with Crippen molar-refractivity contribution in [2.75, 3.05) is 19.7 Å². The van der Waals surface area contributed by atoms with Crippen molar-refractivity contribution < 1.29 is 9.53 Å². The van der Waals surface area contributed by atoms with Crippen molar-refractivity contribution in [2.24, 2.45) is 0 Å². The van der Waals surface area contributed by atoms with Gasteiger partial charge in [-0.2, -0.15) is 0 Å². The Kier molecular flexibility index (Phi) is 4.53. The van der Waals surface area contributed by atoms with Crippen LogP contribution in [0.15, 0.2) is 23.1 Å². The number of aryl methyl sites for hydroxylation is 1. The fourth-order valence-electron chi connectivity index (χ4n) is 2.76. The highest BCUT2D eigenvalue weighted by atomic mass is 16.5. The van der Waals surface area contributed by atoms with Gasteiger partial charge in [0, 0.05) is 24.1 Å². The molecule has 0 aromatic carbocycles. The lowest BCUT2D eigenvalue weighted by molar-refractivity contribution is -0.0265. The van der Waals surface area contributed by atoms with E-state index in [9.17, 15) is 9.59 Å². The molecule has 1 unspecified atom stereocenters. The SMILES string of the molecule is Cc1cnc(C2CN(C(=O)c3ccc(C(C)C)[nH]c3=O)CCO2)[nH]1. The molecule has 3 rings (SSSR count). The summed E-state index contributed by atoms with van der Waals surface area (Å²) in [5.74, 6) is 0.633. The minimum absolute atomic E-state index is 0.163. The van der Waals surface area contributed by atoms with Gasteiger partial charge in [-0.05, 0) is 25.0 Å². The van der Waals surface area contributed by atoms with Crippen molar-refractivity contribution in [1.82, 2.24) is 19.9 Å². The summed E-state index contributed by atoms with van der Waals surface area (Å²) in [5.41, 5.74) is 1.58. The number of aromatic amines is 2. The minimum atomic E-state index is -0.344. The predicted molar refractivity (Wildman–Crippen MR) is 89.1 cm³/mol. The molecule has 1 aliphatic heterocycles. The summed E-state index contributed by atoms with van der Waals surface area (Å²) < 4.78 is 5.70. The molecule has 2 aromatic heterocycles. The van der Waals surface area contributed by atoms with Crippen LogP contribution in [-0.4, -0.2) is 45.5 Å².